The van der Waals surface area contributed by atoms with Gasteiger partial charge < -0.3 is 37.2 Å². The Labute approximate surface area is 134 Å². The summed E-state index contributed by atoms with van der Waals surface area (Å²) in [4.78, 5) is 0. The minimum Gasteiger partial charge on any atom is -1.00 e. The van der Waals surface area contributed by atoms with Gasteiger partial charge in [0.25, 0.3) is 0 Å². The van der Waals surface area contributed by atoms with Crippen LogP contribution < -0.4 is 37.2 Å². The number of aryl methyl sites for hydroxylation is 1. The first-order chi connectivity index (χ1) is 6.77. The summed E-state index contributed by atoms with van der Waals surface area (Å²) in [5.41, 5.74) is 6.09. The molecule has 1 aliphatic carbocycles. The first-order valence-corrected chi connectivity index (χ1v) is 6.22. The largest absolute Gasteiger partial charge is 1.00 e. The molecule has 0 aliphatic heterocycles. The molecule has 1 unspecified atom stereocenters. The summed E-state index contributed by atoms with van der Waals surface area (Å²) in [5.74, 6) is 0. The third kappa shape index (κ3) is 3.75. The van der Waals surface area contributed by atoms with Gasteiger partial charge in [0.2, 0.25) is 0 Å². The van der Waals surface area contributed by atoms with Gasteiger partial charge in [-0.1, -0.05) is 0 Å². The minimum absolute atomic E-state index is 0. The Morgan fingerprint density at radius 1 is 1.06 bits per heavy atom. The molecule has 2 rings (SSSR count). The van der Waals surface area contributed by atoms with E-state index in [1.54, 1.807) is 5.56 Å². The molecule has 0 heterocycles. The molecule has 1 aromatic rings. The second kappa shape index (κ2) is 8.61. The smallest absolute Gasteiger partial charge is 1.00 e. The second-order valence-electron chi connectivity index (χ2n) is 3.75. The van der Waals surface area contributed by atoms with Crippen molar-refractivity contribution in [2.45, 2.75) is 30.9 Å². The molecular weight excluding hydrogens is 310 g/mol. The fraction of sp³-hybridized carbons (Fsp3) is 0.385. The summed E-state index contributed by atoms with van der Waals surface area (Å²) >= 11 is 2.27. The summed E-state index contributed by atoms with van der Waals surface area (Å²) in [7, 11) is 0. The molecule has 4 heteroatoms. The van der Waals surface area contributed by atoms with Crippen molar-refractivity contribution in [3.05, 3.63) is 40.5 Å². The molecular formula is C13H15Cl3Ti. The van der Waals surface area contributed by atoms with Crippen molar-refractivity contribution in [2.75, 3.05) is 0 Å². The van der Waals surface area contributed by atoms with Crippen molar-refractivity contribution in [1.29, 1.82) is 0 Å². The van der Waals surface area contributed by atoms with E-state index in [1.807, 2.05) is 0 Å². The Bertz CT molecular complexity index is 388. The van der Waals surface area contributed by atoms with Crippen LogP contribution in [-0.2, 0) is 33.3 Å². The fourth-order valence-electron chi connectivity index (χ4n) is 2.24. The van der Waals surface area contributed by atoms with Crippen LogP contribution in [0.25, 0.3) is 6.08 Å². The van der Waals surface area contributed by atoms with E-state index in [1.165, 1.54) is 16.7 Å². The van der Waals surface area contributed by atoms with Crippen molar-refractivity contribution in [3.63, 3.8) is 0 Å². The molecule has 0 N–H and O–H groups in total. The molecule has 0 bridgehead atoms. The number of hydrogen-bond donors (Lipinski definition) is 0. The molecule has 0 spiro atoms. The third-order valence-corrected chi connectivity index (χ3v) is 3.80. The summed E-state index contributed by atoms with van der Waals surface area (Å²) in [5, 5.41) is 0. The number of fused-ring (bicyclic) bond motifs is 1. The van der Waals surface area contributed by atoms with Crippen LogP contribution in [-0.4, -0.2) is 0 Å². The molecule has 0 saturated carbocycles. The maximum Gasteiger partial charge on any atom is -1.00 e. The molecule has 0 aromatic heterocycles. The van der Waals surface area contributed by atoms with Crippen molar-refractivity contribution in [3.8, 4) is 0 Å². The Morgan fingerprint density at radius 3 is 2.24 bits per heavy atom. The van der Waals surface area contributed by atoms with Gasteiger partial charge >= 0.3 is 97.9 Å². The van der Waals surface area contributed by atoms with Gasteiger partial charge in [-0.15, -0.1) is 0 Å². The van der Waals surface area contributed by atoms with Gasteiger partial charge in [-0.25, -0.2) is 0 Å². The number of benzene rings is 1. The number of allylic oxidation sites excluding steroid dienone is 1. The first kappa shape index (κ1) is 19.9. The Kier molecular flexibility index (Phi) is 10.1. The van der Waals surface area contributed by atoms with E-state index in [9.17, 15) is 0 Å². The van der Waals surface area contributed by atoms with Crippen molar-refractivity contribution < 1.29 is 57.7 Å². The van der Waals surface area contributed by atoms with Crippen LogP contribution >= 0.6 is 0 Å². The van der Waals surface area contributed by atoms with Gasteiger partial charge in [0, 0.05) is 0 Å². The maximum atomic E-state index is 2.31. The van der Waals surface area contributed by atoms with Gasteiger partial charge in [-0.3, -0.25) is 0 Å². The Balaban J connectivity index is 0. The number of halogens is 3. The van der Waals surface area contributed by atoms with Crippen molar-refractivity contribution in [1.82, 2.24) is 0 Å². The summed E-state index contributed by atoms with van der Waals surface area (Å²) < 4.78 is 0.612. The van der Waals surface area contributed by atoms with E-state index in [4.69, 9.17) is 0 Å². The maximum absolute atomic E-state index is 2.31. The van der Waals surface area contributed by atoms with Crippen molar-refractivity contribution in [2.24, 2.45) is 0 Å². The van der Waals surface area contributed by atoms with Gasteiger partial charge in [-0.2, -0.15) is 0 Å². The topological polar surface area (TPSA) is 0 Å². The zero-order valence-corrected chi connectivity index (χ0v) is 13.8. The van der Waals surface area contributed by atoms with Gasteiger partial charge in [-0.05, 0) is 0 Å². The van der Waals surface area contributed by atoms with E-state index in [2.05, 4.69) is 58.6 Å². The first-order valence-electron chi connectivity index (χ1n) is 5.31. The van der Waals surface area contributed by atoms with Crippen molar-refractivity contribution >= 4 is 6.08 Å². The molecule has 92 valence electrons. The average Bonchev–Trinajstić information content (AvgIpc) is 2.59. The van der Waals surface area contributed by atoms with E-state index in [0.717, 1.165) is 12.8 Å². The van der Waals surface area contributed by atoms with Crippen LogP contribution in [0.5, 0.6) is 0 Å². The van der Waals surface area contributed by atoms with Gasteiger partial charge in [0.05, 0.1) is 0 Å². The quantitative estimate of drug-likeness (QED) is 0.476. The fourth-order valence-corrected chi connectivity index (χ4v) is 2.78. The van der Waals surface area contributed by atoms with Crippen LogP contribution in [0.1, 0.15) is 40.3 Å². The molecule has 1 aromatic carbocycles. The van der Waals surface area contributed by atoms with E-state index >= 15 is 0 Å². The van der Waals surface area contributed by atoms with E-state index in [-0.39, 0.29) is 37.2 Å². The standard InChI is InChI=1S/C13H15.3ClH.Ti/c1-3-10-8-9-11-6-5-7-13(11)12(10)4-2;;;;/h5-9H,3-4H2,1-2H3;3*1H;/q;;;;+3/p-3. The number of hydrogen-bond acceptors (Lipinski definition) is 0. The summed E-state index contributed by atoms with van der Waals surface area (Å²) in [6.45, 7) is 4.49. The summed E-state index contributed by atoms with van der Waals surface area (Å²) in [6.07, 6.45) is 6.92. The molecule has 0 nitrogen and oxygen atoms in total. The predicted octanol–water partition coefficient (Wildman–Crippen LogP) is -5.56. The summed E-state index contributed by atoms with van der Waals surface area (Å²) in [6, 6.07) is 4.61. The number of rotatable bonds is 2. The predicted molar refractivity (Wildman–Crippen MR) is 57.0 cm³/mol. The molecule has 17 heavy (non-hydrogen) atoms. The van der Waals surface area contributed by atoms with E-state index < -0.39 is 0 Å². The van der Waals surface area contributed by atoms with Crippen LogP contribution in [0.3, 0.4) is 0 Å². The zero-order chi connectivity index (χ0) is 10.1. The molecule has 1 atom stereocenters. The SMILES string of the molecule is CCc1ccc2c(c1CC)C=C[CH]2[Ti+3].[Cl-].[Cl-].[Cl-]. The molecule has 1 aliphatic rings. The zero-order valence-electron chi connectivity index (χ0n) is 9.93. The molecule has 0 fully saturated rings. The minimum atomic E-state index is 0. The Morgan fingerprint density at radius 2 is 1.71 bits per heavy atom. The van der Waals surface area contributed by atoms with Gasteiger partial charge in [0.1, 0.15) is 0 Å². The van der Waals surface area contributed by atoms with Crippen LogP contribution in [0.4, 0.5) is 0 Å². The van der Waals surface area contributed by atoms with Crippen LogP contribution in [0.15, 0.2) is 18.2 Å². The third-order valence-electron chi connectivity index (χ3n) is 3.01. The average molecular weight is 325 g/mol. The molecule has 0 radical (unpaired) electrons. The monoisotopic (exact) mass is 324 g/mol. The Hall–Kier alpha value is 0.544. The molecule has 0 amide bonds. The second-order valence-corrected chi connectivity index (χ2v) is 4.72. The molecule has 0 saturated heterocycles. The van der Waals surface area contributed by atoms with Crippen LogP contribution in [0, 0.1) is 0 Å². The van der Waals surface area contributed by atoms with Crippen LogP contribution in [0.2, 0.25) is 0 Å². The van der Waals surface area contributed by atoms with E-state index in [0.29, 0.717) is 4.22 Å². The van der Waals surface area contributed by atoms with Gasteiger partial charge in [0.15, 0.2) is 0 Å². The normalized spacial score (nSPS) is 15.4.